The first-order valence-electron chi connectivity index (χ1n) is 10.5. The van der Waals surface area contributed by atoms with E-state index in [1.807, 2.05) is 60.3 Å². The van der Waals surface area contributed by atoms with Crippen molar-refractivity contribution in [3.8, 4) is 11.3 Å². The molecule has 0 amide bonds. The number of benzene rings is 1. The Morgan fingerprint density at radius 3 is 2.45 bits per heavy atom. The van der Waals surface area contributed by atoms with Crippen molar-refractivity contribution in [1.82, 2.24) is 24.6 Å². The molecule has 0 unspecified atom stereocenters. The number of aromatic nitrogens is 3. The number of nitrogens with zero attached hydrogens (tertiary/aromatic N) is 5. The van der Waals surface area contributed by atoms with Crippen LogP contribution >= 0.6 is 15.9 Å². The number of halogens is 1. The van der Waals surface area contributed by atoms with Crippen molar-refractivity contribution in [2.45, 2.75) is 0 Å². The van der Waals surface area contributed by atoms with Gasteiger partial charge in [-0.05, 0) is 35.1 Å². The van der Waals surface area contributed by atoms with Gasteiger partial charge in [0, 0.05) is 58.1 Å². The molecule has 0 aliphatic carbocycles. The molecule has 2 aromatic heterocycles. The molecular formula is C23H28BrN7. The highest BCUT2D eigenvalue weighted by molar-refractivity contribution is 9.10. The summed E-state index contributed by atoms with van der Waals surface area (Å²) in [4.78, 5) is 4.81. The summed E-state index contributed by atoms with van der Waals surface area (Å²) in [6.07, 6.45) is 1.95. The number of likely N-dealkylation sites (N-methyl/N-ethyl adjacent to an activating group) is 1. The molecule has 1 saturated heterocycles. The van der Waals surface area contributed by atoms with E-state index in [-0.39, 0.29) is 0 Å². The molecule has 0 saturated carbocycles. The molecule has 1 fully saturated rings. The molecule has 0 atom stereocenters. The van der Waals surface area contributed by atoms with Gasteiger partial charge in [0.25, 0.3) is 0 Å². The Kier molecular flexibility index (Phi) is 6.80. The van der Waals surface area contributed by atoms with Gasteiger partial charge in [-0.25, -0.2) is 0 Å². The van der Waals surface area contributed by atoms with Crippen molar-refractivity contribution in [2.75, 3.05) is 51.6 Å². The minimum Gasteiger partial charge on any atom is -0.367 e. The maximum atomic E-state index is 8.95. The van der Waals surface area contributed by atoms with E-state index < -0.39 is 0 Å². The number of hydrogen-bond donors (Lipinski definition) is 2. The molecule has 1 aliphatic rings. The topological polar surface area (TPSA) is 73.1 Å². The van der Waals surface area contributed by atoms with Gasteiger partial charge in [-0.3, -0.25) is 10.3 Å². The van der Waals surface area contributed by atoms with Gasteiger partial charge in [-0.2, -0.15) is 0 Å². The smallest absolute Gasteiger partial charge is 0.159 e. The molecule has 0 radical (unpaired) electrons. The third-order valence-corrected chi connectivity index (χ3v) is 6.50. The van der Waals surface area contributed by atoms with E-state index in [0.717, 1.165) is 66.3 Å². The minimum absolute atomic E-state index is 0.411. The molecule has 162 valence electrons. The fraction of sp³-hybridized carbons (Fsp3) is 0.348. The van der Waals surface area contributed by atoms with Crippen molar-refractivity contribution < 1.29 is 0 Å². The molecule has 3 aromatic rings. The summed E-state index contributed by atoms with van der Waals surface area (Å²) >= 11 is 3.75. The van der Waals surface area contributed by atoms with Crippen molar-refractivity contribution in [1.29, 1.82) is 5.41 Å². The SMILES string of the molecule is CN1CCN(CCNc2nnc(-c3ccccc3)c(Br)c2C(=N)c2cccn2C)CC1. The highest BCUT2D eigenvalue weighted by Gasteiger charge is 2.22. The standard InChI is InChI=1S/C23H28BrN7/c1-29-13-15-31(16-14-29)12-10-26-23-19(21(25)18-9-6-11-30(18)2)20(24)22(27-28-23)17-7-4-3-5-8-17/h3-9,11,25H,10,12-16H2,1-2H3,(H,26,28). The second-order valence-corrected chi connectivity index (χ2v) is 8.70. The van der Waals surface area contributed by atoms with E-state index in [1.165, 1.54) is 0 Å². The normalized spacial score (nSPS) is 15.2. The quantitative estimate of drug-likeness (QED) is 0.506. The molecule has 7 nitrogen and oxygen atoms in total. The number of rotatable bonds is 7. The van der Waals surface area contributed by atoms with Crippen molar-refractivity contribution in [3.63, 3.8) is 0 Å². The Hall–Kier alpha value is -2.55. The van der Waals surface area contributed by atoms with Crippen LogP contribution in [0.3, 0.4) is 0 Å². The fourth-order valence-electron chi connectivity index (χ4n) is 3.80. The van der Waals surface area contributed by atoms with E-state index in [4.69, 9.17) is 5.41 Å². The molecule has 0 spiro atoms. The maximum Gasteiger partial charge on any atom is 0.159 e. The van der Waals surface area contributed by atoms with E-state index in [2.05, 4.69) is 48.3 Å². The van der Waals surface area contributed by atoms with Gasteiger partial charge in [-0.1, -0.05) is 30.3 Å². The predicted octanol–water partition coefficient (Wildman–Crippen LogP) is 3.32. The highest BCUT2D eigenvalue weighted by atomic mass is 79.9. The Morgan fingerprint density at radius 1 is 1.03 bits per heavy atom. The number of nitrogens with one attached hydrogen (secondary N) is 2. The van der Waals surface area contributed by atoms with Crippen LogP contribution in [0.4, 0.5) is 5.82 Å². The number of piperazine rings is 1. The van der Waals surface area contributed by atoms with Crippen molar-refractivity contribution >= 4 is 27.5 Å². The summed E-state index contributed by atoms with van der Waals surface area (Å²) in [5.41, 5.74) is 3.67. The van der Waals surface area contributed by atoms with Gasteiger partial charge >= 0.3 is 0 Å². The third kappa shape index (κ3) is 4.87. The molecular weight excluding hydrogens is 454 g/mol. The van der Waals surface area contributed by atoms with Crippen LogP contribution in [0.5, 0.6) is 0 Å². The summed E-state index contributed by atoms with van der Waals surface area (Å²) < 4.78 is 2.73. The first-order chi connectivity index (χ1) is 15.0. The van der Waals surface area contributed by atoms with Crippen LogP contribution in [0.1, 0.15) is 11.3 Å². The average molecular weight is 482 g/mol. The minimum atomic E-state index is 0.411. The van der Waals surface area contributed by atoms with E-state index >= 15 is 0 Å². The molecule has 2 N–H and O–H groups in total. The van der Waals surface area contributed by atoms with Crippen LogP contribution in [0, 0.1) is 5.41 Å². The number of hydrogen-bond acceptors (Lipinski definition) is 6. The fourth-order valence-corrected chi connectivity index (χ4v) is 4.50. The molecule has 3 heterocycles. The first-order valence-corrected chi connectivity index (χ1v) is 11.3. The molecule has 1 aromatic carbocycles. The summed E-state index contributed by atoms with van der Waals surface area (Å²) in [6, 6.07) is 13.8. The Morgan fingerprint density at radius 2 is 1.77 bits per heavy atom. The van der Waals surface area contributed by atoms with Gasteiger partial charge in [0.1, 0.15) is 5.69 Å². The number of anilines is 1. The molecule has 0 bridgehead atoms. The van der Waals surface area contributed by atoms with Gasteiger partial charge in [-0.15, -0.1) is 10.2 Å². The van der Waals surface area contributed by atoms with Gasteiger partial charge in [0.15, 0.2) is 5.82 Å². The van der Waals surface area contributed by atoms with Gasteiger partial charge in [0.2, 0.25) is 0 Å². The summed E-state index contributed by atoms with van der Waals surface area (Å²) in [5.74, 6) is 0.631. The van der Waals surface area contributed by atoms with E-state index in [1.54, 1.807) is 0 Å². The lowest BCUT2D eigenvalue weighted by atomic mass is 10.0. The lowest BCUT2D eigenvalue weighted by Crippen LogP contribution is -2.45. The van der Waals surface area contributed by atoms with Crippen molar-refractivity contribution in [3.05, 3.63) is 64.4 Å². The monoisotopic (exact) mass is 481 g/mol. The average Bonchev–Trinajstić information content (AvgIpc) is 3.21. The van der Waals surface area contributed by atoms with Crippen LogP contribution in [-0.4, -0.2) is 76.6 Å². The third-order valence-electron chi connectivity index (χ3n) is 5.73. The maximum absolute atomic E-state index is 8.95. The van der Waals surface area contributed by atoms with E-state index in [9.17, 15) is 0 Å². The molecule has 31 heavy (non-hydrogen) atoms. The second-order valence-electron chi connectivity index (χ2n) is 7.90. The number of aryl methyl sites for hydroxylation is 1. The van der Waals surface area contributed by atoms with Crippen LogP contribution in [0.25, 0.3) is 11.3 Å². The zero-order valence-corrected chi connectivity index (χ0v) is 19.6. The zero-order valence-electron chi connectivity index (χ0n) is 18.0. The Balaban J connectivity index is 1.62. The lowest BCUT2D eigenvalue weighted by molar-refractivity contribution is 0.158. The summed E-state index contributed by atoms with van der Waals surface area (Å²) in [6.45, 7) is 6.04. The largest absolute Gasteiger partial charge is 0.367 e. The van der Waals surface area contributed by atoms with E-state index in [0.29, 0.717) is 11.5 Å². The lowest BCUT2D eigenvalue weighted by Gasteiger charge is -2.32. The summed E-state index contributed by atoms with van der Waals surface area (Å²) in [5, 5.41) is 21.4. The molecule has 1 aliphatic heterocycles. The van der Waals surface area contributed by atoms with Gasteiger partial charge in [0.05, 0.1) is 21.4 Å². The Bertz CT molecular complexity index is 1040. The summed E-state index contributed by atoms with van der Waals surface area (Å²) in [7, 11) is 4.11. The Labute approximate surface area is 191 Å². The van der Waals surface area contributed by atoms with Crippen LogP contribution < -0.4 is 5.32 Å². The first kappa shape index (κ1) is 21.7. The van der Waals surface area contributed by atoms with Crippen LogP contribution in [0.2, 0.25) is 0 Å². The van der Waals surface area contributed by atoms with Crippen LogP contribution in [0.15, 0.2) is 53.1 Å². The second kappa shape index (κ2) is 9.72. The highest BCUT2D eigenvalue weighted by Crippen LogP contribution is 2.33. The van der Waals surface area contributed by atoms with Crippen LogP contribution in [-0.2, 0) is 7.05 Å². The predicted molar refractivity (Wildman–Crippen MR) is 129 cm³/mol. The van der Waals surface area contributed by atoms with Crippen molar-refractivity contribution in [2.24, 2.45) is 7.05 Å². The molecule has 8 heteroatoms. The van der Waals surface area contributed by atoms with Gasteiger partial charge < -0.3 is 14.8 Å². The molecule has 4 rings (SSSR count). The zero-order chi connectivity index (χ0) is 21.8.